The average molecular weight is 410 g/mol. The Bertz CT molecular complexity index is 974. The van der Waals surface area contributed by atoms with Crippen molar-refractivity contribution in [2.45, 2.75) is 50.9 Å². The van der Waals surface area contributed by atoms with Crippen LogP contribution in [0.25, 0.3) is 0 Å². The van der Waals surface area contributed by atoms with Crippen molar-refractivity contribution in [3.63, 3.8) is 0 Å². The zero-order chi connectivity index (χ0) is 22.7. The summed E-state index contributed by atoms with van der Waals surface area (Å²) in [6.45, 7) is 6.32. The first-order valence-corrected chi connectivity index (χ1v) is 10.7. The van der Waals surface area contributed by atoms with Gasteiger partial charge in [0.25, 0.3) is 0 Å². The highest BCUT2D eigenvalue weighted by Crippen LogP contribution is 2.33. The fourth-order valence-electron chi connectivity index (χ4n) is 3.54. The van der Waals surface area contributed by atoms with Gasteiger partial charge >= 0.3 is 0 Å². The lowest BCUT2D eigenvalue weighted by molar-refractivity contribution is 0.677. The van der Waals surface area contributed by atoms with Crippen molar-refractivity contribution in [1.82, 2.24) is 0 Å². The van der Waals surface area contributed by atoms with Crippen LogP contribution in [0.4, 0.5) is 5.69 Å². The quantitative estimate of drug-likeness (QED) is 0.512. The van der Waals surface area contributed by atoms with Gasteiger partial charge in [-0.25, -0.2) is 0 Å². The number of nitriles is 4. The summed E-state index contributed by atoms with van der Waals surface area (Å²) < 4.78 is 0. The monoisotopic (exact) mass is 409 g/mol. The van der Waals surface area contributed by atoms with Crippen LogP contribution in [-0.2, 0) is 5.41 Å². The maximum atomic E-state index is 9.98. The van der Waals surface area contributed by atoms with Gasteiger partial charge in [-0.05, 0) is 41.7 Å². The maximum Gasteiger partial charge on any atom is 0.193 e. The molecule has 0 radical (unpaired) electrons. The maximum absolute atomic E-state index is 9.98. The summed E-state index contributed by atoms with van der Waals surface area (Å²) in [7, 11) is 0. The van der Waals surface area contributed by atoms with Crippen molar-refractivity contribution in [1.29, 1.82) is 21.0 Å². The van der Waals surface area contributed by atoms with E-state index in [2.05, 4.69) is 30.9 Å². The van der Waals surface area contributed by atoms with Crippen molar-refractivity contribution in [2.24, 2.45) is 0 Å². The van der Waals surface area contributed by atoms with Crippen LogP contribution in [0.2, 0.25) is 0 Å². The summed E-state index contributed by atoms with van der Waals surface area (Å²) >= 11 is 0. The predicted molar refractivity (Wildman–Crippen MR) is 121 cm³/mol. The van der Waals surface area contributed by atoms with Crippen molar-refractivity contribution in [3.8, 4) is 24.3 Å². The molecule has 31 heavy (non-hydrogen) atoms. The van der Waals surface area contributed by atoms with Gasteiger partial charge in [-0.1, -0.05) is 63.1 Å². The zero-order valence-electron chi connectivity index (χ0n) is 18.2. The minimum atomic E-state index is -1.45. The third-order valence-corrected chi connectivity index (χ3v) is 5.50. The summed E-state index contributed by atoms with van der Waals surface area (Å²) in [5.74, 6) is -0.871. The van der Waals surface area contributed by atoms with Crippen LogP contribution in [0.3, 0.4) is 0 Å². The highest BCUT2D eigenvalue weighted by molar-refractivity contribution is 5.57. The smallest absolute Gasteiger partial charge is 0.193 e. The molecule has 0 fully saturated rings. The van der Waals surface area contributed by atoms with Gasteiger partial charge < -0.3 is 4.90 Å². The van der Waals surface area contributed by atoms with Crippen LogP contribution in [0.5, 0.6) is 0 Å². The number of unbranched alkanes of at least 4 members (excludes halogenated alkanes) is 2. The molecule has 2 aromatic carbocycles. The lowest BCUT2D eigenvalue weighted by atomic mass is 9.76. The highest BCUT2D eigenvalue weighted by atomic mass is 15.1. The third kappa shape index (κ3) is 5.22. The van der Waals surface area contributed by atoms with Crippen LogP contribution in [0, 0.1) is 45.3 Å². The summed E-state index contributed by atoms with van der Waals surface area (Å²) in [6, 6.07) is 22.5. The summed E-state index contributed by atoms with van der Waals surface area (Å²) in [4.78, 5) is 2.36. The summed E-state index contributed by atoms with van der Waals surface area (Å²) in [5, 5.41) is 38.1. The van der Waals surface area contributed by atoms with Gasteiger partial charge in [-0.15, -0.1) is 0 Å². The molecule has 0 aliphatic carbocycles. The molecule has 0 saturated carbocycles. The molecular formula is C26H27N5. The van der Waals surface area contributed by atoms with Crippen LogP contribution < -0.4 is 4.90 Å². The van der Waals surface area contributed by atoms with Crippen molar-refractivity contribution < 1.29 is 0 Å². The zero-order valence-corrected chi connectivity index (χ0v) is 18.2. The third-order valence-electron chi connectivity index (χ3n) is 5.50. The Morgan fingerprint density at radius 1 is 0.742 bits per heavy atom. The number of hydrogen-bond donors (Lipinski definition) is 0. The largest absolute Gasteiger partial charge is 0.372 e. The van der Waals surface area contributed by atoms with E-state index in [-0.39, 0.29) is 0 Å². The first-order valence-electron chi connectivity index (χ1n) is 10.7. The second-order valence-corrected chi connectivity index (χ2v) is 7.53. The molecule has 2 rings (SSSR count). The second kappa shape index (κ2) is 11.4. The number of benzene rings is 2. The molecule has 0 aliphatic heterocycles. The Morgan fingerprint density at radius 3 is 1.58 bits per heavy atom. The van der Waals surface area contributed by atoms with E-state index in [0.717, 1.165) is 44.5 Å². The minimum Gasteiger partial charge on any atom is -0.372 e. The number of nitrogens with zero attached hydrogens (tertiary/aromatic N) is 5. The molecule has 0 aromatic heterocycles. The molecule has 0 saturated heterocycles. The van der Waals surface area contributed by atoms with E-state index < -0.39 is 11.3 Å². The molecule has 0 heterocycles. The van der Waals surface area contributed by atoms with E-state index in [0.29, 0.717) is 16.7 Å². The van der Waals surface area contributed by atoms with Crippen LogP contribution in [-0.4, -0.2) is 13.1 Å². The summed E-state index contributed by atoms with van der Waals surface area (Å²) in [6.07, 6.45) is 4.48. The van der Waals surface area contributed by atoms with Gasteiger partial charge in [0.1, 0.15) is 0 Å². The van der Waals surface area contributed by atoms with E-state index in [1.807, 2.05) is 36.4 Å². The minimum absolute atomic E-state index is 0.525. The van der Waals surface area contributed by atoms with E-state index >= 15 is 0 Å². The molecule has 5 heteroatoms. The lowest BCUT2D eigenvalue weighted by Gasteiger charge is -2.26. The first-order chi connectivity index (χ1) is 15.1. The van der Waals surface area contributed by atoms with E-state index in [4.69, 9.17) is 10.5 Å². The topological polar surface area (TPSA) is 98.4 Å². The van der Waals surface area contributed by atoms with Crippen molar-refractivity contribution in [3.05, 3.63) is 65.2 Å². The molecule has 0 atom stereocenters. The van der Waals surface area contributed by atoms with Gasteiger partial charge in [0.15, 0.2) is 11.3 Å². The van der Waals surface area contributed by atoms with E-state index in [1.54, 1.807) is 24.3 Å². The highest BCUT2D eigenvalue weighted by Gasteiger charge is 2.35. The molecular weight excluding hydrogens is 382 g/mol. The molecule has 156 valence electrons. The number of anilines is 1. The van der Waals surface area contributed by atoms with E-state index in [9.17, 15) is 10.5 Å². The van der Waals surface area contributed by atoms with Gasteiger partial charge in [0.05, 0.1) is 24.3 Å². The normalized spacial score (nSPS) is 10.5. The standard InChI is InChI=1S/C26H27N5/c1-3-5-15-31(16-6-4-2)25-13-11-24(12-14-25)26(19-29,20-30)23-9-7-21(8-10-23)22(17-27)18-28/h7-14,22H,3-6,15-16H2,1-2H3. The molecule has 5 nitrogen and oxygen atoms in total. The van der Waals surface area contributed by atoms with Crippen molar-refractivity contribution >= 4 is 5.69 Å². The molecule has 0 bridgehead atoms. The van der Waals surface area contributed by atoms with Crippen LogP contribution >= 0.6 is 0 Å². The lowest BCUT2D eigenvalue weighted by Crippen LogP contribution is -2.26. The Kier molecular flexibility index (Phi) is 8.64. The van der Waals surface area contributed by atoms with Gasteiger partial charge in [0.2, 0.25) is 0 Å². The Hall–Kier alpha value is -3.80. The molecule has 0 aliphatic rings. The molecule has 0 spiro atoms. The Labute approximate surface area is 185 Å². The second-order valence-electron chi connectivity index (χ2n) is 7.53. The fourth-order valence-corrected chi connectivity index (χ4v) is 3.54. The molecule has 0 amide bonds. The van der Waals surface area contributed by atoms with E-state index in [1.165, 1.54) is 0 Å². The molecule has 0 unspecified atom stereocenters. The van der Waals surface area contributed by atoms with Crippen LogP contribution in [0.1, 0.15) is 62.1 Å². The Morgan fingerprint density at radius 2 is 1.19 bits per heavy atom. The van der Waals surface area contributed by atoms with Crippen LogP contribution in [0.15, 0.2) is 48.5 Å². The average Bonchev–Trinajstić information content (AvgIpc) is 2.82. The van der Waals surface area contributed by atoms with Gasteiger partial charge in [-0.3, -0.25) is 0 Å². The van der Waals surface area contributed by atoms with Crippen molar-refractivity contribution in [2.75, 3.05) is 18.0 Å². The van der Waals surface area contributed by atoms with Gasteiger partial charge in [0, 0.05) is 18.8 Å². The molecule has 2 aromatic rings. The SMILES string of the molecule is CCCCN(CCCC)c1ccc(C(C#N)(C#N)c2ccc(C(C#N)C#N)cc2)cc1. The first kappa shape index (κ1) is 23.5. The predicted octanol–water partition coefficient (Wildman–Crippen LogP) is 5.56. The number of rotatable bonds is 10. The number of hydrogen-bond acceptors (Lipinski definition) is 5. The summed E-state index contributed by atoms with van der Waals surface area (Å²) in [5.41, 5.74) is 1.33. The molecule has 0 N–H and O–H groups in total. The Balaban J connectivity index is 2.39. The fraction of sp³-hybridized carbons (Fsp3) is 0.385. The van der Waals surface area contributed by atoms with Gasteiger partial charge in [-0.2, -0.15) is 21.0 Å².